The van der Waals surface area contributed by atoms with Gasteiger partial charge in [0.1, 0.15) is 0 Å². The van der Waals surface area contributed by atoms with Crippen molar-refractivity contribution in [2.45, 2.75) is 85.7 Å². The van der Waals surface area contributed by atoms with Crippen LogP contribution in [0.15, 0.2) is 42.6 Å². The number of pyridine rings is 1. The standard InChI is InChI=1S/C29H44N2O2Si/c1-11-31-25-17-13-12-15-22(25)24(19-29(6,7)20-33-34(9,10)28(3,4)5)27(31)23-16-14-18-30-26(23)21(2)32-8/h12-18,21H,11,19-20H2,1-10H3/t21-/m0/s1. The molecule has 0 spiro atoms. The van der Waals surface area contributed by atoms with E-state index in [9.17, 15) is 0 Å². The minimum absolute atomic E-state index is 0.0117. The van der Waals surface area contributed by atoms with E-state index < -0.39 is 8.32 Å². The number of hydrogen-bond donors (Lipinski definition) is 0. The molecule has 2 heterocycles. The average Bonchev–Trinajstić information content (AvgIpc) is 3.09. The van der Waals surface area contributed by atoms with Crippen LogP contribution in [0.4, 0.5) is 0 Å². The van der Waals surface area contributed by atoms with Crippen molar-refractivity contribution in [3.8, 4) is 11.3 Å². The molecule has 0 amide bonds. The van der Waals surface area contributed by atoms with Crippen LogP contribution in [0.1, 0.15) is 65.8 Å². The number of rotatable bonds is 9. The summed E-state index contributed by atoms with van der Waals surface area (Å²) in [4.78, 5) is 4.75. The number of aromatic nitrogens is 2. The predicted molar refractivity (Wildman–Crippen MR) is 147 cm³/mol. The molecule has 0 aliphatic rings. The SMILES string of the molecule is CCn1c(-c2cccnc2[C@H](C)OC)c(CC(C)(C)CO[Si](C)(C)C(C)(C)C)c2ccccc21. The molecule has 0 unspecified atom stereocenters. The molecule has 0 fully saturated rings. The maximum absolute atomic E-state index is 6.70. The Kier molecular flexibility index (Phi) is 7.81. The molecule has 1 atom stereocenters. The van der Waals surface area contributed by atoms with Crippen LogP contribution < -0.4 is 0 Å². The summed E-state index contributed by atoms with van der Waals surface area (Å²) in [6.07, 6.45) is 2.71. The zero-order valence-corrected chi connectivity index (χ0v) is 24.0. The van der Waals surface area contributed by atoms with Gasteiger partial charge in [-0.25, -0.2) is 0 Å². The Morgan fingerprint density at radius 2 is 1.71 bits per heavy atom. The molecule has 5 heteroatoms. The minimum atomic E-state index is -1.83. The van der Waals surface area contributed by atoms with E-state index >= 15 is 0 Å². The van der Waals surface area contributed by atoms with Crippen LogP contribution in [0.25, 0.3) is 22.2 Å². The van der Waals surface area contributed by atoms with Crippen LogP contribution in [0.2, 0.25) is 18.1 Å². The van der Waals surface area contributed by atoms with Gasteiger partial charge in [-0.3, -0.25) is 4.98 Å². The average molecular weight is 481 g/mol. The van der Waals surface area contributed by atoms with Gasteiger partial charge in [0.15, 0.2) is 8.32 Å². The number of benzene rings is 1. The monoisotopic (exact) mass is 480 g/mol. The Labute approximate surface area is 207 Å². The lowest BCUT2D eigenvalue weighted by Crippen LogP contribution is -2.43. The number of fused-ring (bicyclic) bond motifs is 1. The van der Waals surface area contributed by atoms with Crippen molar-refractivity contribution in [2.24, 2.45) is 5.41 Å². The summed E-state index contributed by atoms with van der Waals surface area (Å²) in [5.41, 5.74) is 6.04. The Morgan fingerprint density at radius 1 is 1.03 bits per heavy atom. The van der Waals surface area contributed by atoms with Gasteiger partial charge in [-0.2, -0.15) is 0 Å². The number of aryl methyl sites for hydroxylation is 1. The lowest BCUT2D eigenvalue weighted by atomic mass is 9.84. The van der Waals surface area contributed by atoms with E-state index in [-0.39, 0.29) is 16.6 Å². The summed E-state index contributed by atoms with van der Waals surface area (Å²) in [6, 6.07) is 13.0. The maximum atomic E-state index is 6.70. The van der Waals surface area contributed by atoms with Gasteiger partial charge in [0.25, 0.3) is 0 Å². The summed E-state index contributed by atoms with van der Waals surface area (Å²) >= 11 is 0. The zero-order chi connectivity index (χ0) is 25.3. The molecule has 3 aromatic rings. The van der Waals surface area contributed by atoms with Crippen LogP contribution in [-0.4, -0.2) is 31.6 Å². The molecule has 3 rings (SSSR count). The van der Waals surface area contributed by atoms with E-state index in [1.165, 1.54) is 22.2 Å². The normalized spacial score (nSPS) is 14.1. The molecule has 0 aliphatic carbocycles. The van der Waals surface area contributed by atoms with Gasteiger partial charge in [-0.1, -0.05) is 52.8 Å². The molecule has 34 heavy (non-hydrogen) atoms. The second kappa shape index (κ2) is 9.96. The summed E-state index contributed by atoms with van der Waals surface area (Å²) in [5.74, 6) is 0. The second-order valence-corrected chi connectivity index (χ2v) is 16.6. The van der Waals surface area contributed by atoms with Crippen molar-refractivity contribution in [3.05, 3.63) is 53.9 Å². The Morgan fingerprint density at radius 3 is 2.32 bits per heavy atom. The van der Waals surface area contributed by atoms with E-state index in [2.05, 4.69) is 96.5 Å². The highest BCUT2D eigenvalue weighted by Gasteiger charge is 2.39. The maximum Gasteiger partial charge on any atom is 0.192 e. The molecule has 0 radical (unpaired) electrons. The molecule has 0 saturated heterocycles. The Balaban J connectivity index is 2.14. The quantitative estimate of drug-likeness (QED) is 0.291. The molecule has 2 aromatic heterocycles. The molecule has 0 aliphatic heterocycles. The number of methoxy groups -OCH3 is 1. The molecule has 0 N–H and O–H groups in total. The van der Waals surface area contributed by atoms with Gasteiger partial charge in [0.05, 0.1) is 17.5 Å². The van der Waals surface area contributed by atoms with Crippen LogP contribution in [0.3, 0.4) is 0 Å². The van der Waals surface area contributed by atoms with E-state index in [1.807, 2.05) is 12.3 Å². The number of nitrogens with zero attached hydrogens (tertiary/aromatic N) is 2. The van der Waals surface area contributed by atoms with E-state index in [1.54, 1.807) is 7.11 Å². The summed E-state index contributed by atoms with van der Waals surface area (Å²) in [5, 5.41) is 1.52. The molecular formula is C29H44N2O2Si. The molecule has 0 saturated carbocycles. The highest BCUT2D eigenvalue weighted by atomic mass is 28.4. The topological polar surface area (TPSA) is 36.3 Å². The predicted octanol–water partition coefficient (Wildman–Crippen LogP) is 8.02. The van der Waals surface area contributed by atoms with Crippen LogP contribution in [-0.2, 0) is 22.1 Å². The van der Waals surface area contributed by atoms with Gasteiger partial charge < -0.3 is 13.7 Å². The van der Waals surface area contributed by atoms with Crippen molar-refractivity contribution in [2.75, 3.05) is 13.7 Å². The summed E-state index contributed by atoms with van der Waals surface area (Å²) in [6.45, 7) is 22.2. The van der Waals surface area contributed by atoms with Gasteiger partial charge in [0.2, 0.25) is 0 Å². The van der Waals surface area contributed by atoms with Crippen LogP contribution in [0, 0.1) is 5.41 Å². The fourth-order valence-electron chi connectivity index (χ4n) is 4.37. The number of hydrogen-bond acceptors (Lipinski definition) is 3. The van der Waals surface area contributed by atoms with Crippen molar-refractivity contribution < 1.29 is 9.16 Å². The smallest absolute Gasteiger partial charge is 0.192 e. The number of ether oxygens (including phenoxy) is 1. The van der Waals surface area contributed by atoms with Gasteiger partial charge in [-0.15, -0.1) is 0 Å². The van der Waals surface area contributed by atoms with Crippen molar-refractivity contribution >= 4 is 19.2 Å². The first-order chi connectivity index (χ1) is 15.8. The third-order valence-electron chi connectivity index (χ3n) is 7.51. The first-order valence-corrected chi connectivity index (χ1v) is 15.5. The molecule has 1 aromatic carbocycles. The first kappa shape index (κ1) is 26.6. The second-order valence-electron chi connectivity index (χ2n) is 11.8. The Hall–Kier alpha value is -1.95. The Bertz CT molecular complexity index is 1120. The highest BCUT2D eigenvalue weighted by molar-refractivity contribution is 6.74. The molecular weight excluding hydrogens is 436 g/mol. The van der Waals surface area contributed by atoms with E-state index in [0.29, 0.717) is 0 Å². The van der Waals surface area contributed by atoms with Crippen molar-refractivity contribution in [1.29, 1.82) is 0 Å². The van der Waals surface area contributed by atoms with Gasteiger partial charge >= 0.3 is 0 Å². The van der Waals surface area contributed by atoms with Crippen molar-refractivity contribution in [3.63, 3.8) is 0 Å². The molecule has 186 valence electrons. The summed E-state index contributed by atoms with van der Waals surface area (Å²) in [7, 11) is -0.0746. The van der Waals surface area contributed by atoms with Crippen LogP contribution in [0.5, 0.6) is 0 Å². The fraction of sp³-hybridized carbons (Fsp3) is 0.552. The third-order valence-corrected chi connectivity index (χ3v) is 12.0. The lowest BCUT2D eigenvalue weighted by Gasteiger charge is -2.39. The lowest BCUT2D eigenvalue weighted by molar-refractivity contribution is 0.116. The highest BCUT2D eigenvalue weighted by Crippen LogP contribution is 2.42. The van der Waals surface area contributed by atoms with Crippen molar-refractivity contribution in [1.82, 2.24) is 9.55 Å². The fourth-order valence-corrected chi connectivity index (χ4v) is 5.55. The van der Waals surface area contributed by atoms with E-state index in [4.69, 9.17) is 14.1 Å². The van der Waals surface area contributed by atoms with Gasteiger partial charge in [0, 0.05) is 42.9 Å². The minimum Gasteiger partial charge on any atom is -0.416 e. The zero-order valence-electron chi connectivity index (χ0n) is 23.0. The molecule has 0 bridgehead atoms. The molecule has 4 nitrogen and oxygen atoms in total. The first-order valence-electron chi connectivity index (χ1n) is 12.5. The summed E-state index contributed by atoms with van der Waals surface area (Å²) < 4.78 is 14.9. The number of para-hydroxylation sites is 1. The largest absolute Gasteiger partial charge is 0.416 e. The van der Waals surface area contributed by atoms with E-state index in [0.717, 1.165) is 30.8 Å². The van der Waals surface area contributed by atoms with Crippen LogP contribution >= 0.6 is 0 Å². The van der Waals surface area contributed by atoms with Gasteiger partial charge in [-0.05, 0) is 67.6 Å². The third kappa shape index (κ3) is 5.32.